The number of alkyl halides is 2. The van der Waals surface area contributed by atoms with Crippen molar-refractivity contribution in [1.29, 1.82) is 0 Å². The van der Waals surface area contributed by atoms with Crippen LogP contribution in [0.15, 0.2) is 52.4 Å². The highest BCUT2D eigenvalue weighted by atomic mass is 19.3. The Kier molecular flexibility index (Phi) is 9.14. The van der Waals surface area contributed by atoms with Gasteiger partial charge in [0.25, 0.3) is 0 Å². The molecule has 0 radical (unpaired) electrons. The predicted octanol–water partition coefficient (Wildman–Crippen LogP) is 3.29. The molecule has 8 heteroatoms. The summed E-state index contributed by atoms with van der Waals surface area (Å²) in [6.45, 7) is 3.22. The smallest absolute Gasteiger partial charge is 0.387 e. The zero-order valence-corrected chi connectivity index (χ0v) is 16.8. The van der Waals surface area contributed by atoms with Crippen LogP contribution in [0, 0.1) is 6.92 Å². The second-order valence-electron chi connectivity index (χ2n) is 6.55. The van der Waals surface area contributed by atoms with E-state index in [0.29, 0.717) is 31.2 Å². The molecule has 1 aromatic heterocycles. The molecule has 2 aromatic rings. The normalized spacial score (nSPS) is 11.6. The van der Waals surface area contributed by atoms with Gasteiger partial charge >= 0.3 is 6.61 Å². The van der Waals surface area contributed by atoms with Crippen molar-refractivity contribution >= 4 is 5.96 Å². The molecule has 29 heavy (non-hydrogen) atoms. The summed E-state index contributed by atoms with van der Waals surface area (Å²) in [5.41, 5.74) is 1.55. The van der Waals surface area contributed by atoms with Crippen LogP contribution in [0.4, 0.5) is 8.78 Å². The lowest BCUT2D eigenvalue weighted by atomic mass is 10.1. The zero-order valence-electron chi connectivity index (χ0n) is 16.8. The van der Waals surface area contributed by atoms with Gasteiger partial charge in [-0.25, -0.2) is 4.99 Å². The summed E-state index contributed by atoms with van der Waals surface area (Å²) < 4.78 is 31.5. The van der Waals surface area contributed by atoms with Crippen molar-refractivity contribution in [1.82, 2.24) is 15.2 Å². The number of hydrogen-bond donors (Lipinski definition) is 2. The summed E-state index contributed by atoms with van der Waals surface area (Å²) in [7, 11) is 0. The molecule has 1 aromatic carbocycles. The number of unbranched alkanes of at least 4 members (excludes halogenated alkanes) is 1. The van der Waals surface area contributed by atoms with Crippen molar-refractivity contribution in [3.8, 4) is 5.75 Å². The highest BCUT2D eigenvalue weighted by molar-refractivity contribution is 5.79. The van der Waals surface area contributed by atoms with Gasteiger partial charge < -0.3 is 19.9 Å². The summed E-state index contributed by atoms with van der Waals surface area (Å²) in [5.74, 6) is 0.743. The summed E-state index contributed by atoms with van der Waals surface area (Å²) in [4.78, 5) is 16.2. The van der Waals surface area contributed by atoms with Crippen LogP contribution in [0.5, 0.6) is 5.75 Å². The van der Waals surface area contributed by atoms with E-state index >= 15 is 0 Å². The molecule has 158 valence electrons. The van der Waals surface area contributed by atoms with Crippen LogP contribution in [-0.4, -0.2) is 30.2 Å². The number of pyridine rings is 1. The molecule has 6 nitrogen and oxygen atoms in total. The number of aryl methyl sites for hydroxylation is 2. The van der Waals surface area contributed by atoms with Gasteiger partial charge in [-0.15, -0.1) is 0 Å². The SMILES string of the molecule is CCNC(=NCc1cc(C)ccc1OC(F)F)NCCCCn1ccccc1=O. The Hall–Kier alpha value is -2.90. The first-order chi connectivity index (χ1) is 14.0. The molecule has 2 rings (SSSR count). The number of aliphatic imine (C=N–C) groups is 1. The van der Waals surface area contributed by atoms with E-state index in [1.807, 2.05) is 19.9 Å². The summed E-state index contributed by atoms with van der Waals surface area (Å²) in [5, 5.41) is 6.37. The molecule has 0 saturated heterocycles. The fraction of sp³-hybridized carbons (Fsp3) is 0.429. The first kappa shape index (κ1) is 22.4. The Labute approximate surface area is 169 Å². The van der Waals surface area contributed by atoms with E-state index in [9.17, 15) is 13.6 Å². The number of nitrogens with one attached hydrogen (secondary N) is 2. The molecule has 0 bridgehead atoms. The number of guanidine groups is 1. The fourth-order valence-corrected chi connectivity index (χ4v) is 2.81. The van der Waals surface area contributed by atoms with Crippen molar-refractivity contribution in [2.24, 2.45) is 4.99 Å². The maximum absolute atomic E-state index is 12.6. The van der Waals surface area contributed by atoms with Crippen molar-refractivity contribution in [2.45, 2.75) is 46.4 Å². The van der Waals surface area contributed by atoms with E-state index in [-0.39, 0.29) is 17.9 Å². The quantitative estimate of drug-likeness (QED) is 0.361. The van der Waals surface area contributed by atoms with E-state index < -0.39 is 6.61 Å². The minimum Gasteiger partial charge on any atom is -0.434 e. The van der Waals surface area contributed by atoms with Crippen molar-refractivity contribution in [3.05, 3.63) is 64.1 Å². The Morgan fingerprint density at radius 1 is 1.21 bits per heavy atom. The van der Waals surface area contributed by atoms with Crippen LogP contribution in [0.25, 0.3) is 0 Å². The van der Waals surface area contributed by atoms with Gasteiger partial charge in [0.05, 0.1) is 6.54 Å². The average molecular weight is 406 g/mol. The van der Waals surface area contributed by atoms with Gasteiger partial charge in [-0.3, -0.25) is 4.79 Å². The van der Waals surface area contributed by atoms with Crippen LogP contribution in [0.2, 0.25) is 0 Å². The minimum absolute atomic E-state index is 0.00432. The van der Waals surface area contributed by atoms with Gasteiger partial charge in [0, 0.05) is 37.5 Å². The van der Waals surface area contributed by atoms with Gasteiger partial charge in [-0.2, -0.15) is 8.78 Å². The standard InChI is InChI=1S/C21H28F2N4O2/c1-3-24-21(25-11-5-7-13-27-12-6-4-8-19(27)28)26-15-17-14-16(2)9-10-18(17)29-20(22)23/h4,6,8-10,12,14,20H,3,5,7,11,13,15H2,1-2H3,(H2,24,25,26). The maximum Gasteiger partial charge on any atom is 0.387 e. The molecule has 0 spiro atoms. The molecule has 0 saturated carbocycles. The van der Waals surface area contributed by atoms with E-state index in [1.54, 1.807) is 35.0 Å². The summed E-state index contributed by atoms with van der Waals surface area (Å²) in [6.07, 6.45) is 3.48. The monoisotopic (exact) mass is 406 g/mol. The van der Waals surface area contributed by atoms with Crippen molar-refractivity contribution < 1.29 is 13.5 Å². The number of halogens is 2. The molecule has 0 aliphatic carbocycles. The van der Waals surface area contributed by atoms with Gasteiger partial charge in [0.1, 0.15) is 5.75 Å². The molecular weight excluding hydrogens is 378 g/mol. The maximum atomic E-state index is 12.6. The molecule has 0 fully saturated rings. The largest absolute Gasteiger partial charge is 0.434 e. The lowest BCUT2D eigenvalue weighted by molar-refractivity contribution is -0.0504. The Morgan fingerprint density at radius 2 is 2.03 bits per heavy atom. The average Bonchev–Trinajstić information content (AvgIpc) is 2.68. The number of benzene rings is 1. The third-order valence-corrected chi connectivity index (χ3v) is 4.20. The molecule has 2 N–H and O–H groups in total. The topological polar surface area (TPSA) is 67.7 Å². The summed E-state index contributed by atoms with van der Waals surface area (Å²) >= 11 is 0. The zero-order chi connectivity index (χ0) is 21.1. The third kappa shape index (κ3) is 7.93. The number of rotatable bonds is 10. The highest BCUT2D eigenvalue weighted by Crippen LogP contribution is 2.22. The van der Waals surface area contributed by atoms with Crippen LogP contribution >= 0.6 is 0 Å². The first-order valence-corrected chi connectivity index (χ1v) is 9.71. The molecule has 0 atom stereocenters. The third-order valence-electron chi connectivity index (χ3n) is 4.20. The lowest BCUT2D eigenvalue weighted by Gasteiger charge is -2.13. The first-order valence-electron chi connectivity index (χ1n) is 9.71. The lowest BCUT2D eigenvalue weighted by Crippen LogP contribution is -2.37. The second kappa shape index (κ2) is 11.8. The second-order valence-corrected chi connectivity index (χ2v) is 6.55. The number of nitrogens with zero attached hydrogens (tertiary/aromatic N) is 2. The van der Waals surface area contributed by atoms with E-state index in [1.165, 1.54) is 6.07 Å². The molecule has 0 amide bonds. The van der Waals surface area contributed by atoms with E-state index in [0.717, 1.165) is 18.4 Å². The Morgan fingerprint density at radius 3 is 2.76 bits per heavy atom. The number of hydrogen-bond acceptors (Lipinski definition) is 3. The Bertz CT molecular complexity index is 853. The van der Waals surface area contributed by atoms with Gasteiger partial charge in [-0.05, 0) is 38.8 Å². The van der Waals surface area contributed by atoms with Crippen LogP contribution < -0.4 is 20.9 Å². The predicted molar refractivity (Wildman–Crippen MR) is 111 cm³/mol. The molecular formula is C21H28F2N4O2. The summed E-state index contributed by atoms with van der Waals surface area (Å²) in [6, 6.07) is 10.2. The minimum atomic E-state index is -2.87. The molecule has 1 heterocycles. The van der Waals surface area contributed by atoms with Gasteiger partial charge in [0.15, 0.2) is 5.96 Å². The Balaban J connectivity index is 1.89. The number of ether oxygens (including phenoxy) is 1. The van der Waals surface area contributed by atoms with Gasteiger partial charge in [-0.1, -0.05) is 23.8 Å². The molecule has 0 aliphatic heterocycles. The van der Waals surface area contributed by atoms with Crippen molar-refractivity contribution in [3.63, 3.8) is 0 Å². The molecule has 0 unspecified atom stereocenters. The van der Waals surface area contributed by atoms with Crippen LogP contribution in [-0.2, 0) is 13.1 Å². The number of aromatic nitrogens is 1. The van der Waals surface area contributed by atoms with E-state index in [4.69, 9.17) is 0 Å². The van der Waals surface area contributed by atoms with Crippen LogP contribution in [0.1, 0.15) is 30.9 Å². The fourth-order valence-electron chi connectivity index (χ4n) is 2.81. The highest BCUT2D eigenvalue weighted by Gasteiger charge is 2.10. The van der Waals surface area contributed by atoms with Crippen LogP contribution in [0.3, 0.4) is 0 Å². The van der Waals surface area contributed by atoms with Crippen molar-refractivity contribution in [2.75, 3.05) is 13.1 Å². The van der Waals surface area contributed by atoms with E-state index in [2.05, 4.69) is 20.4 Å². The van der Waals surface area contributed by atoms with Gasteiger partial charge in [0.2, 0.25) is 5.56 Å². The molecule has 0 aliphatic rings.